The summed E-state index contributed by atoms with van der Waals surface area (Å²) in [7, 11) is 2.91. The second-order valence-electron chi connectivity index (χ2n) is 4.15. The zero-order valence-electron chi connectivity index (χ0n) is 10.3. The molecule has 0 aliphatic carbocycles. The van der Waals surface area contributed by atoms with E-state index in [-0.39, 0.29) is 11.8 Å². The van der Waals surface area contributed by atoms with Gasteiger partial charge < -0.3 is 14.8 Å². The summed E-state index contributed by atoms with van der Waals surface area (Å²) >= 11 is 0. The fourth-order valence-electron chi connectivity index (χ4n) is 2.16. The Hall–Kier alpha value is -2.04. The van der Waals surface area contributed by atoms with E-state index < -0.39 is 12.0 Å². The molecule has 18 heavy (non-hydrogen) atoms. The molecule has 0 spiro atoms. The second-order valence-corrected chi connectivity index (χ2v) is 4.15. The molecule has 2 unspecified atom stereocenters. The third kappa shape index (κ3) is 2.30. The Morgan fingerprint density at radius 2 is 1.94 bits per heavy atom. The Morgan fingerprint density at radius 3 is 2.50 bits per heavy atom. The number of carbonyl (C=O) groups excluding carboxylic acids is 2. The van der Waals surface area contributed by atoms with Gasteiger partial charge in [-0.2, -0.15) is 0 Å². The summed E-state index contributed by atoms with van der Waals surface area (Å²) in [6.07, 6.45) is 0.298. The van der Waals surface area contributed by atoms with E-state index in [1.807, 2.05) is 24.3 Å². The normalized spacial score (nSPS) is 22.4. The van der Waals surface area contributed by atoms with Gasteiger partial charge in [0.15, 0.2) is 0 Å². The number of benzene rings is 1. The molecule has 1 saturated heterocycles. The molecule has 1 aliphatic heterocycles. The van der Waals surface area contributed by atoms with Crippen molar-refractivity contribution in [2.24, 2.45) is 0 Å². The molecule has 0 radical (unpaired) electrons. The van der Waals surface area contributed by atoms with Crippen LogP contribution in [-0.2, 0) is 14.3 Å². The van der Waals surface area contributed by atoms with Crippen LogP contribution >= 0.6 is 0 Å². The molecular weight excluding hydrogens is 234 g/mol. The molecule has 0 saturated carbocycles. The lowest BCUT2D eigenvalue weighted by Gasteiger charge is -2.16. The van der Waals surface area contributed by atoms with Crippen molar-refractivity contribution in [2.45, 2.75) is 18.4 Å². The molecule has 0 aromatic heterocycles. The second kappa shape index (κ2) is 5.08. The molecule has 96 valence electrons. The Morgan fingerprint density at radius 1 is 1.28 bits per heavy atom. The van der Waals surface area contributed by atoms with Crippen LogP contribution in [0.15, 0.2) is 24.3 Å². The van der Waals surface area contributed by atoms with Gasteiger partial charge in [0.25, 0.3) is 0 Å². The minimum absolute atomic E-state index is 0.133. The highest BCUT2D eigenvalue weighted by molar-refractivity contribution is 5.90. The maximum absolute atomic E-state index is 11.6. The third-order valence-electron chi connectivity index (χ3n) is 3.12. The number of nitrogens with one attached hydrogen (secondary N) is 1. The molecule has 1 heterocycles. The largest absolute Gasteiger partial charge is 0.497 e. The quantitative estimate of drug-likeness (QED) is 0.806. The topological polar surface area (TPSA) is 64.6 Å². The lowest BCUT2D eigenvalue weighted by Crippen LogP contribution is -2.37. The van der Waals surface area contributed by atoms with E-state index in [4.69, 9.17) is 9.47 Å². The van der Waals surface area contributed by atoms with E-state index in [0.29, 0.717) is 6.42 Å². The van der Waals surface area contributed by atoms with Gasteiger partial charge in [-0.1, -0.05) is 12.1 Å². The molecular formula is C13H15NO4. The highest BCUT2D eigenvalue weighted by atomic mass is 16.5. The Bertz CT molecular complexity index is 455. The molecule has 2 atom stereocenters. The molecule has 0 bridgehead atoms. The van der Waals surface area contributed by atoms with Crippen LogP contribution in [0.4, 0.5) is 0 Å². The Labute approximate surface area is 105 Å². The van der Waals surface area contributed by atoms with Crippen molar-refractivity contribution in [3.05, 3.63) is 29.8 Å². The van der Waals surface area contributed by atoms with Gasteiger partial charge in [0.2, 0.25) is 5.91 Å². The van der Waals surface area contributed by atoms with Crippen molar-refractivity contribution in [2.75, 3.05) is 14.2 Å². The molecule has 2 rings (SSSR count). The molecule has 1 aromatic rings. The molecule has 1 aliphatic rings. The van der Waals surface area contributed by atoms with Crippen LogP contribution in [0.1, 0.15) is 17.9 Å². The van der Waals surface area contributed by atoms with Gasteiger partial charge >= 0.3 is 5.97 Å². The predicted molar refractivity (Wildman–Crippen MR) is 64.3 cm³/mol. The first-order valence-electron chi connectivity index (χ1n) is 5.67. The van der Waals surface area contributed by atoms with Gasteiger partial charge in [-0.05, 0) is 17.7 Å². The zero-order chi connectivity index (χ0) is 13.1. The minimum atomic E-state index is -0.601. The smallest absolute Gasteiger partial charge is 0.329 e. The maximum atomic E-state index is 11.6. The van der Waals surface area contributed by atoms with E-state index in [1.54, 1.807) is 7.11 Å². The van der Waals surface area contributed by atoms with Crippen LogP contribution in [0, 0.1) is 0 Å². The summed E-state index contributed by atoms with van der Waals surface area (Å²) < 4.78 is 9.77. The van der Waals surface area contributed by atoms with Crippen LogP contribution < -0.4 is 10.1 Å². The number of hydrogen-bond acceptors (Lipinski definition) is 4. The summed E-state index contributed by atoms with van der Waals surface area (Å²) in [5.74, 6) is 0.00870. The van der Waals surface area contributed by atoms with Crippen molar-refractivity contribution in [1.29, 1.82) is 0 Å². The highest BCUT2D eigenvalue weighted by Gasteiger charge is 2.38. The molecule has 5 heteroatoms. The number of esters is 1. The molecule has 1 fully saturated rings. The van der Waals surface area contributed by atoms with Gasteiger partial charge in [0.1, 0.15) is 11.8 Å². The summed E-state index contributed by atoms with van der Waals surface area (Å²) in [6.45, 7) is 0. The maximum Gasteiger partial charge on any atom is 0.329 e. The fraction of sp³-hybridized carbons (Fsp3) is 0.385. The van der Waals surface area contributed by atoms with Crippen molar-refractivity contribution in [1.82, 2.24) is 5.32 Å². The van der Waals surface area contributed by atoms with Gasteiger partial charge in [0, 0.05) is 12.3 Å². The van der Waals surface area contributed by atoms with E-state index in [0.717, 1.165) is 11.3 Å². The standard InChI is InChI=1S/C13H15NO4/c1-17-9-5-3-8(4-6-9)10-7-11(15)14-12(10)13(16)18-2/h3-6,10,12H,7H2,1-2H3,(H,14,15). The first kappa shape index (κ1) is 12.4. The number of ether oxygens (including phenoxy) is 2. The summed E-state index contributed by atoms with van der Waals surface area (Å²) in [5, 5.41) is 2.64. The molecule has 5 nitrogen and oxygen atoms in total. The first-order valence-corrected chi connectivity index (χ1v) is 5.67. The number of rotatable bonds is 3. The SMILES string of the molecule is COC(=O)C1NC(=O)CC1c1ccc(OC)cc1. The number of amides is 1. The lowest BCUT2D eigenvalue weighted by atomic mass is 9.92. The van der Waals surface area contributed by atoms with Crippen LogP contribution in [0.2, 0.25) is 0 Å². The van der Waals surface area contributed by atoms with Crippen molar-refractivity contribution in [3.8, 4) is 5.75 Å². The van der Waals surface area contributed by atoms with Gasteiger partial charge in [-0.15, -0.1) is 0 Å². The number of hydrogen-bond donors (Lipinski definition) is 1. The third-order valence-corrected chi connectivity index (χ3v) is 3.12. The van der Waals surface area contributed by atoms with E-state index >= 15 is 0 Å². The van der Waals surface area contributed by atoms with Crippen LogP contribution in [-0.4, -0.2) is 32.1 Å². The fourth-order valence-corrected chi connectivity index (χ4v) is 2.16. The summed E-state index contributed by atoms with van der Waals surface area (Å²) in [6, 6.07) is 6.74. The van der Waals surface area contributed by atoms with Crippen molar-refractivity contribution in [3.63, 3.8) is 0 Å². The van der Waals surface area contributed by atoms with Gasteiger partial charge in [0.05, 0.1) is 14.2 Å². The van der Waals surface area contributed by atoms with Crippen LogP contribution in [0.5, 0.6) is 5.75 Å². The highest BCUT2D eigenvalue weighted by Crippen LogP contribution is 2.30. The average Bonchev–Trinajstić information content (AvgIpc) is 2.80. The summed E-state index contributed by atoms with van der Waals surface area (Å²) in [5.41, 5.74) is 0.921. The first-order chi connectivity index (χ1) is 8.65. The Balaban J connectivity index is 2.23. The van der Waals surface area contributed by atoms with Crippen molar-refractivity contribution < 1.29 is 19.1 Å². The van der Waals surface area contributed by atoms with Crippen LogP contribution in [0.3, 0.4) is 0 Å². The minimum Gasteiger partial charge on any atom is -0.497 e. The number of carbonyl (C=O) groups is 2. The van der Waals surface area contributed by atoms with E-state index in [9.17, 15) is 9.59 Å². The van der Waals surface area contributed by atoms with Crippen LogP contribution in [0.25, 0.3) is 0 Å². The predicted octanol–water partition coefficient (Wildman–Crippen LogP) is 0.840. The van der Waals surface area contributed by atoms with Crippen molar-refractivity contribution >= 4 is 11.9 Å². The van der Waals surface area contributed by atoms with E-state index in [1.165, 1.54) is 7.11 Å². The van der Waals surface area contributed by atoms with Gasteiger partial charge in [-0.3, -0.25) is 4.79 Å². The summed E-state index contributed by atoms with van der Waals surface area (Å²) in [4.78, 5) is 23.0. The number of methoxy groups -OCH3 is 2. The van der Waals surface area contributed by atoms with E-state index in [2.05, 4.69) is 5.32 Å². The zero-order valence-corrected chi connectivity index (χ0v) is 10.3. The monoisotopic (exact) mass is 249 g/mol. The van der Waals surface area contributed by atoms with Gasteiger partial charge in [-0.25, -0.2) is 4.79 Å². The molecule has 1 aromatic carbocycles. The Kier molecular flexibility index (Phi) is 3.50. The lowest BCUT2D eigenvalue weighted by molar-refractivity contribution is -0.143. The average molecular weight is 249 g/mol. The molecule has 1 N–H and O–H groups in total. The molecule has 1 amide bonds.